The minimum atomic E-state index is -0.502. The summed E-state index contributed by atoms with van der Waals surface area (Å²) in [5.41, 5.74) is 0.584. The fourth-order valence-electron chi connectivity index (χ4n) is 6.61. The Hall–Kier alpha value is -2.04. The van der Waals surface area contributed by atoms with Gasteiger partial charge in [0.2, 0.25) is 11.8 Å². The van der Waals surface area contributed by atoms with E-state index in [1.807, 2.05) is 18.2 Å². The normalized spacial score (nSPS) is 31.4. The molecule has 2 amide bonds. The predicted octanol–water partition coefficient (Wildman–Crippen LogP) is 3.55. The van der Waals surface area contributed by atoms with E-state index in [4.69, 9.17) is 0 Å². The van der Waals surface area contributed by atoms with Crippen LogP contribution in [0.1, 0.15) is 57.8 Å². The van der Waals surface area contributed by atoms with E-state index in [1.165, 1.54) is 38.5 Å². The first-order valence-corrected chi connectivity index (χ1v) is 11.6. The first kappa shape index (κ1) is 19.0. The van der Waals surface area contributed by atoms with E-state index in [-0.39, 0.29) is 11.8 Å². The number of nitrogens with one attached hydrogen (secondary N) is 1. The molecule has 3 atom stereocenters. The molecule has 1 N–H and O–H groups in total. The van der Waals surface area contributed by atoms with Crippen molar-refractivity contribution in [3.05, 3.63) is 30.3 Å². The molecule has 2 aliphatic carbocycles. The molecule has 1 spiro atoms. The Kier molecular flexibility index (Phi) is 5.00. The van der Waals surface area contributed by atoms with Gasteiger partial charge in [0.25, 0.3) is 0 Å². The summed E-state index contributed by atoms with van der Waals surface area (Å²) in [5.74, 6) is 2.11. The van der Waals surface area contributed by atoms with Crippen LogP contribution in [0.2, 0.25) is 0 Å². The summed E-state index contributed by atoms with van der Waals surface area (Å²) < 4.78 is 0. The van der Waals surface area contributed by atoms with Crippen LogP contribution < -0.4 is 10.2 Å². The molecule has 0 bridgehead atoms. The number of piperidine rings is 1. The molecule has 0 aromatic heterocycles. The van der Waals surface area contributed by atoms with Crippen molar-refractivity contribution in [2.24, 2.45) is 17.8 Å². The Labute approximate surface area is 173 Å². The van der Waals surface area contributed by atoms with Crippen LogP contribution >= 0.6 is 0 Å². The van der Waals surface area contributed by atoms with E-state index in [0.717, 1.165) is 30.9 Å². The van der Waals surface area contributed by atoms with E-state index in [0.29, 0.717) is 31.6 Å². The SMILES string of the molecule is O=C(C1CCCC2CCCCC21)N1CCC2(CC1)C(=O)NCN2c1ccccc1. The summed E-state index contributed by atoms with van der Waals surface area (Å²) in [6.45, 7) is 1.95. The zero-order valence-corrected chi connectivity index (χ0v) is 17.3. The number of amides is 2. The van der Waals surface area contributed by atoms with E-state index < -0.39 is 5.54 Å². The van der Waals surface area contributed by atoms with Crippen molar-refractivity contribution in [3.63, 3.8) is 0 Å². The Morgan fingerprint density at radius 2 is 1.69 bits per heavy atom. The molecular weight excluding hydrogens is 362 g/mol. The molecule has 5 rings (SSSR count). The molecule has 2 heterocycles. The smallest absolute Gasteiger partial charge is 0.247 e. The summed E-state index contributed by atoms with van der Waals surface area (Å²) in [6.07, 6.45) is 10.2. The largest absolute Gasteiger partial charge is 0.342 e. The van der Waals surface area contributed by atoms with Crippen molar-refractivity contribution in [3.8, 4) is 0 Å². The second kappa shape index (κ2) is 7.66. The number of hydrogen-bond donors (Lipinski definition) is 1. The number of anilines is 1. The van der Waals surface area contributed by atoms with Crippen molar-refractivity contribution in [2.45, 2.75) is 63.3 Å². The van der Waals surface area contributed by atoms with Gasteiger partial charge in [-0.05, 0) is 49.7 Å². The molecule has 1 aromatic rings. The van der Waals surface area contributed by atoms with Gasteiger partial charge in [-0.3, -0.25) is 9.59 Å². The molecule has 29 heavy (non-hydrogen) atoms. The van der Waals surface area contributed by atoms with E-state index in [2.05, 4.69) is 27.2 Å². The minimum absolute atomic E-state index is 0.124. The molecular formula is C24H33N3O2. The van der Waals surface area contributed by atoms with Crippen LogP contribution in [0.4, 0.5) is 5.69 Å². The molecule has 0 radical (unpaired) electrons. The van der Waals surface area contributed by atoms with Crippen molar-refractivity contribution < 1.29 is 9.59 Å². The van der Waals surface area contributed by atoms with Gasteiger partial charge in [-0.25, -0.2) is 0 Å². The highest BCUT2D eigenvalue weighted by atomic mass is 16.2. The lowest BCUT2D eigenvalue weighted by Gasteiger charge is -2.46. The summed E-state index contributed by atoms with van der Waals surface area (Å²) in [7, 11) is 0. The van der Waals surface area contributed by atoms with Crippen molar-refractivity contribution in [2.75, 3.05) is 24.7 Å². The van der Waals surface area contributed by atoms with Crippen LogP contribution in [0, 0.1) is 17.8 Å². The van der Waals surface area contributed by atoms with E-state index in [9.17, 15) is 9.59 Å². The lowest BCUT2D eigenvalue weighted by Crippen LogP contribution is -2.58. The summed E-state index contributed by atoms with van der Waals surface area (Å²) in [6, 6.07) is 10.2. The highest BCUT2D eigenvalue weighted by Gasteiger charge is 2.51. The van der Waals surface area contributed by atoms with Gasteiger partial charge in [-0.15, -0.1) is 0 Å². The van der Waals surface area contributed by atoms with E-state index in [1.54, 1.807) is 0 Å². The second-order valence-electron chi connectivity index (χ2n) is 9.53. The van der Waals surface area contributed by atoms with Crippen LogP contribution in [0.5, 0.6) is 0 Å². The third-order valence-electron chi connectivity index (χ3n) is 8.20. The molecule has 4 fully saturated rings. The topological polar surface area (TPSA) is 52.7 Å². The minimum Gasteiger partial charge on any atom is -0.342 e. The Morgan fingerprint density at radius 1 is 0.966 bits per heavy atom. The van der Waals surface area contributed by atoms with Crippen LogP contribution in [0.25, 0.3) is 0 Å². The number of hydrogen-bond acceptors (Lipinski definition) is 3. The summed E-state index contributed by atoms with van der Waals surface area (Å²) in [4.78, 5) is 30.6. The van der Waals surface area contributed by atoms with Crippen molar-refractivity contribution >= 4 is 17.5 Å². The lowest BCUT2D eigenvalue weighted by atomic mass is 9.65. The maximum absolute atomic E-state index is 13.5. The van der Waals surface area contributed by atoms with Gasteiger partial charge in [0.15, 0.2) is 0 Å². The number of carbonyl (C=O) groups excluding carboxylic acids is 2. The molecule has 4 aliphatic rings. The van der Waals surface area contributed by atoms with Crippen LogP contribution in [0.3, 0.4) is 0 Å². The maximum atomic E-state index is 13.5. The number of fused-ring (bicyclic) bond motifs is 1. The van der Waals surface area contributed by atoms with Gasteiger partial charge in [-0.2, -0.15) is 0 Å². The number of carbonyl (C=O) groups is 2. The fraction of sp³-hybridized carbons (Fsp3) is 0.667. The van der Waals surface area contributed by atoms with Crippen molar-refractivity contribution in [1.82, 2.24) is 10.2 Å². The molecule has 156 valence electrons. The average molecular weight is 396 g/mol. The first-order valence-electron chi connectivity index (χ1n) is 11.6. The summed E-state index contributed by atoms with van der Waals surface area (Å²) >= 11 is 0. The Balaban J connectivity index is 1.29. The van der Waals surface area contributed by atoms with Crippen LogP contribution in [0.15, 0.2) is 30.3 Å². The van der Waals surface area contributed by atoms with Gasteiger partial charge >= 0.3 is 0 Å². The second-order valence-corrected chi connectivity index (χ2v) is 9.53. The van der Waals surface area contributed by atoms with Gasteiger partial charge in [0.05, 0.1) is 6.67 Å². The molecule has 2 aliphatic heterocycles. The van der Waals surface area contributed by atoms with Gasteiger partial charge in [0.1, 0.15) is 5.54 Å². The first-order chi connectivity index (χ1) is 14.2. The quantitative estimate of drug-likeness (QED) is 0.833. The molecule has 2 saturated carbocycles. The Bertz CT molecular complexity index is 755. The predicted molar refractivity (Wildman–Crippen MR) is 113 cm³/mol. The molecule has 5 heteroatoms. The zero-order chi connectivity index (χ0) is 19.8. The Morgan fingerprint density at radius 3 is 2.48 bits per heavy atom. The molecule has 2 saturated heterocycles. The number of rotatable bonds is 2. The maximum Gasteiger partial charge on any atom is 0.247 e. The number of nitrogens with zero attached hydrogens (tertiary/aromatic N) is 2. The number of para-hydroxylation sites is 1. The fourth-order valence-corrected chi connectivity index (χ4v) is 6.61. The highest BCUT2D eigenvalue weighted by molar-refractivity contribution is 5.93. The molecule has 3 unspecified atom stereocenters. The summed E-state index contributed by atoms with van der Waals surface area (Å²) in [5, 5.41) is 3.06. The average Bonchev–Trinajstić information content (AvgIpc) is 3.09. The third-order valence-corrected chi connectivity index (χ3v) is 8.20. The van der Waals surface area contributed by atoms with E-state index >= 15 is 0 Å². The zero-order valence-electron chi connectivity index (χ0n) is 17.3. The van der Waals surface area contributed by atoms with Gasteiger partial charge in [-0.1, -0.05) is 50.3 Å². The van der Waals surface area contributed by atoms with Crippen LogP contribution in [-0.4, -0.2) is 42.0 Å². The van der Waals surface area contributed by atoms with Crippen molar-refractivity contribution in [1.29, 1.82) is 0 Å². The highest BCUT2D eigenvalue weighted by Crippen LogP contribution is 2.45. The molecule has 1 aromatic carbocycles. The van der Waals surface area contributed by atoms with Gasteiger partial charge < -0.3 is 15.1 Å². The number of benzene rings is 1. The van der Waals surface area contributed by atoms with Crippen LogP contribution in [-0.2, 0) is 9.59 Å². The number of likely N-dealkylation sites (tertiary alicyclic amines) is 1. The molecule has 5 nitrogen and oxygen atoms in total. The third kappa shape index (κ3) is 3.23. The monoisotopic (exact) mass is 395 g/mol. The standard InChI is InChI=1S/C24H33N3O2/c28-22(21-12-6-8-18-7-4-5-11-20(18)21)26-15-13-24(14-16-26)23(29)25-17-27(24)19-9-2-1-3-10-19/h1-3,9-10,18,20-21H,4-8,11-17H2,(H,25,29). The lowest BCUT2D eigenvalue weighted by molar-refractivity contribution is -0.143. The van der Waals surface area contributed by atoms with Gasteiger partial charge in [0, 0.05) is 24.7 Å².